The van der Waals surface area contributed by atoms with Crippen molar-refractivity contribution in [3.8, 4) is 0 Å². The molecule has 3 rings (SSSR count). The predicted molar refractivity (Wildman–Crippen MR) is 77.9 cm³/mol. The van der Waals surface area contributed by atoms with Crippen molar-refractivity contribution in [2.24, 2.45) is 11.8 Å². The third kappa shape index (κ3) is 2.18. The summed E-state index contributed by atoms with van der Waals surface area (Å²) in [4.78, 5) is 11.8. The first-order valence-corrected chi connectivity index (χ1v) is 7.15. The lowest BCUT2D eigenvalue weighted by Crippen LogP contribution is -2.21. The second kappa shape index (κ2) is 4.80. The molecule has 3 atom stereocenters. The van der Waals surface area contributed by atoms with Gasteiger partial charge in [0.2, 0.25) is 0 Å². The molecule has 0 spiro atoms. The van der Waals surface area contributed by atoms with Crippen molar-refractivity contribution in [2.45, 2.75) is 32.6 Å². The van der Waals surface area contributed by atoms with Gasteiger partial charge >= 0.3 is 0 Å². The van der Waals surface area contributed by atoms with Gasteiger partial charge in [-0.3, -0.25) is 4.79 Å². The molecule has 19 heavy (non-hydrogen) atoms. The molecule has 0 bridgehead atoms. The molecular weight excluding hydrogens is 232 g/mol. The number of hydrogen-bond acceptors (Lipinski definition) is 1. The lowest BCUT2D eigenvalue weighted by molar-refractivity contribution is -0.113. The van der Waals surface area contributed by atoms with E-state index in [9.17, 15) is 4.79 Å². The fourth-order valence-corrected chi connectivity index (χ4v) is 3.63. The fraction of sp³-hybridized carbons (Fsp3) is 0.389. The average molecular weight is 252 g/mol. The highest BCUT2D eigenvalue weighted by molar-refractivity contribution is 5.98. The maximum atomic E-state index is 11.8. The van der Waals surface area contributed by atoms with Crippen LogP contribution in [0, 0.1) is 11.8 Å². The van der Waals surface area contributed by atoms with Gasteiger partial charge in [0.25, 0.3) is 0 Å². The molecule has 1 aromatic rings. The van der Waals surface area contributed by atoms with Gasteiger partial charge in [-0.05, 0) is 48.7 Å². The number of hydrogen-bond donors (Lipinski definition) is 0. The van der Waals surface area contributed by atoms with E-state index in [1.54, 1.807) is 6.92 Å². The third-order valence-corrected chi connectivity index (χ3v) is 4.47. The quantitative estimate of drug-likeness (QED) is 0.768. The van der Waals surface area contributed by atoms with E-state index in [2.05, 4.69) is 49.4 Å². The minimum Gasteiger partial charge on any atom is -0.295 e. The minimum atomic E-state index is 0.219. The van der Waals surface area contributed by atoms with Crippen LogP contribution in [0.3, 0.4) is 0 Å². The Labute approximate surface area is 115 Å². The van der Waals surface area contributed by atoms with E-state index in [1.165, 1.54) is 17.6 Å². The van der Waals surface area contributed by atoms with Crippen molar-refractivity contribution in [3.05, 3.63) is 59.2 Å². The monoisotopic (exact) mass is 252 g/mol. The molecule has 0 N–H and O–H groups in total. The van der Waals surface area contributed by atoms with Crippen LogP contribution in [0.15, 0.2) is 53.6 Å². The Morgan fingerprint density at radius 3 is 2.58 bits per heavy atom. The summed E-state index contributed by atoms with van der Waals surface area (Å²) in [7, 11) is 0. The number of fused-ring (bicyclic) bond motifs is 1. The van der Waals surface area contributed by atoms with Gasteiger partial charge in [0.15, 0.2) is 5.78 Å². The van der Waals surface area contributed by atoms with Crippen molar-refractivity contribution in [1.29, 1.82) is 0 Å². The molecule has 0 amide bonds. The van der Waals surface area contributed by atoms with Gasteiger partial charge in [-0.2, -0.15) is 0 Å². The van der Waals surface area contributed by atoms with Crippen LogP contribution in [0.1, 0.15) is 38.2 Å². The van der Waals surface area contributed by atoms with Gasteiger partial charge in [-0.1, -0.05) is 49.4 Å². The Balaban J connectivity index is 1.94. The number of Topliss-reactive ketones (excluding diaryl/α,β-unsaturated/α-hetero) is 1. The molecule has 0 saturated heterocycles. The molecule has 1 aromatic carbocycles. The molecule has 2 aliphatic rings. The molecule has 2 aliphatic carbocycles. The Morgan fingerprint density at radius 1 is 1.16 bits per heavy atom. The zero-order chi connectivity index (χ0) is 13.4. The molecular formula is C18H20O. The van der Waals surface area contributed by atoms with Gasteiger partial charge < -0.3 is 0 Å². The molecule has 0 fully saturated rings. The van der Waals surface area contributed by atoms with Gasteiger partial charge in [-0.25, -0.2) is 0 Å². The second-order valence-corrected chi connectivity index (χ2v) is 5.87. The second-order valence-electron chi connectivity index (χ2n) is 5.87. The van der Waals surface area contributed by atoms with Crippen LogP contribution in [0.4, 0.5) is 0 Å². The lowest BCUT2D eigenvalue weighted by Gasteiger charge is -2.30. The van der Waals surface area contributed by atoms with Gasteiger partial charge in [0, 0.05) is 5.57 Å². The summed E-state index contributed by atoms with van der Waals surface area (Å²) in [5, 5.41) is 0. The molecule has 0 aliphatic heterocycles. The number of carbonyl (C=O) groups excluding carboxylic acids is 1. The Morgan fingerprint density at radius 2 is 1.89 bits per heavy atom. The van der Waals surface area contributed by atoms with E-state index >= 15 is 0 Å². The summed E-state index contributed by atoms with van der Waals surface area (Å²) in [6.45, 7) is 3.91. The molecule has 0 unspecified atom stereocenters. The highest BCUT2D eigenvalue weighted by Crippen LogP contribution is 2.48. The Kier molecular flexibility index (Phi) is 3.14. The van der Waals surface area contributed by atoms with Crippen molar-refractivity contribution in [1.82, 2.24) is 0 Å². The Bertz CT molecular complexity index is 550. The third-order valence-electron chi connectivity index (χ3n) is 4.47. The SMILES string of the molecule is CC(=O)C1=C[C@H](C)C[C@@H]2C1=CC[C@H]2c1ccccc1. The summed E-state index contributed by atoms with van der Waals surface area (Å²) in [5.74, 6) is 1.81. The number of benzene rings is 1. The van der Waals surface area contributed by atoms with Gasteiger partial charge in [0.05, 0.1) is 0 Å². The summed E-state index contributed by atoms with van der Waals surface area (Å²) < 4.78 is 0. The van der Waals surface area contributed by atoms with Crippen LogP contribution in [-0.4, -0.2) is 5.78 Å². The largest absolute Gasteiger partial charge is 0.295 e. The fourth-order valence-electron chi connectivity index (χ4n) is 3.63. The van der Waals surface area contributed by atoms with E-state index in [0.717, 1.165) is 12.0 Å². The summed E-state index contributed by atoms with van der Waals surface area (Å²) in [6, 6.07) is 10.7. The molecule has 1 heteroatoms. The first-order chi connectivity index (χ1) is 9.16. The number of allylic oxidation sites excluding steroid dienone is 4. The van der Waals surface area contributed by atoms with Crippen LogP contribution < -0.4 is 0 Å². The van der Waals surface area contributed by atoms with Crippen molar-refractivity contribution < 1.29 is 4.79 Å². The van der Waals surface area contributed by atoms with Crippen molar-refractivity contribution in [3.63, 3.8) is 0 Å². The topological polar surface area (TPSA) is 17.1 Å². The molecule has 0 saturated carbocycles. The maximum Gasteiger partial charge on any atom is 0.159 e. The highest BCUT2D eigenvalue weighted by atomic mass is 16.1. The maximum absolute atomic E-state index is 11.8. The molecule has 1 nitrogen and oxygen atoms in total. The van der Waals surface area contributed by atoms with E-state index in [1.807, 2.05) is 0 Å². The van der Waals surface area contributed by atoms with Crippen LogP contribution in [0.5, 0.6) is 0 Å². The summed E-state index contributed by atoms with van der Waals surface area (Å²) >= 11 is 0. The standard InChI is InChI=1S/C18H20O/c1-12-10-17(13(2)19)16-9-8-15(18(16)11-12)14-6-4-3-5-7-14/h3-7,9-10,12,15,18H,8,11H2,1-2H3/t12-,15-,18-/m0/s1. The number of carbonyl (C=O) groups is 1. The first-order valence-electron chi connectivity index (χ1n) is 7.15. The highest BCUT2D eigenvalue weighted by Gasteiger charge is 2.36. The summed E-state index contributed by atoms with van der Waals surface area (Å²) in [5.41, 5.74) is 3.69. The average Bonchev–Trinajstić information content (AvgIpc) is 2.82. The molecule has 0 heterocycles. The predicted octanol–water partition coefficient (Wildman–Crippen LogP) is 4.27. The van der Waals surface area contributed by atoms with E-state index in [4.69, 9.17) is 0 Å². The Hall–Kier alpha value is -1.63. The lowest BCUT2D eigenvalue weighted by atomic mass is 9.73. The van der Waals surface area contributed by atoms with Crippen LogP contribution >= 0.6 is 0 Å². The van der Waals surface area contributed by atoms with E-state index in [-0.39, 0.29) is 5.78 Å². The van der Waals surface area contributed by atoms with Crippen LogP contribution in [-0.2, 0) is 4.79 Å². The molecule has 98 valence electrons. The van der Waals surface area contributed by atoms with E-state index < -0.39 is 0 Å². The zero-order valence-electron chi connectivity index (χ0n) is 11.6. The van der Waals surface area contributed by atoms with Crippen LogP contribution in [0.25, 0.3) is 0 Å². The first kappa shape index (κ1) is 12.4. The van der Waals surface area contributed by atoms with Crippen molar-refractivity contribution >= 4 is 5.78 Å². The minimum absolute atomic E-state index is 0.219. The molecule has 0 radical (unpaired) electrons. The van der Waals surface area contributed by atoms with Gasteiger partial charge in [-0.15, -0.1) is 0 Å². The molecule has 0 aromatic heterocycles. The van der Waals surface area contributed by atoms with Gasteiger partial charge in [0.1, 0.15) is 0 Å². The zero-order valence-corrected chi connectivity index (χ0v) is 11.6. The normalized spacial score (nSPS) is 29.5. The van der Waals surface area contributed by atoms with Crippen molar-refractivity contribution in [2.75, 3.05) is 0 Å². The smallest absolute Gasteiger partial charge is 0.159 e. The van der Waals surface area contributed by atoms with E-state index in [0.29, 0.717) is 17.8 Å². The number of ketones is 1. The van der Waals surface area contributed by atoms with Crippen LogP contribution in [0.2, 0.25) is 0 Å². The summed E-state index contributed by atoms with van der Waals surface area (Å²) in [6.07, 6.45) is 6.70. The number of rotatable bonds is 2.